The number of esters is 1. The van der Waals surface area contributed by atoms with Crippen LogP contribution in [0.1, 0.15) is 19.8 Å². The van der Waals surface area contributed by atoms with Crippen molar-refractivity contribution in [2.75, 3.05) is 43.7 Å². The van der Waals surface area contributed by atoms with E-state index in [2.05, 4.69) is 30.4 Å². The molecule has 1 saturated heterocycles. The molecule has 1 aromatic rings. The second-order valence-corrected chi connectivity index (χ2v) is 4.79. The Hall–Kier alpha value is -2.22. The van der Waals surface area contributed by atoms with Gasteiger partial charge in [0.2, 0.25) is 0 Å². The molecule has 0 spiro atoms. The van der Waals surface area contributed by atoms with Crippen LogP contribution in [0.4, 0.5) is 11.6 Å². The van der Waals surface area contributed by atoms with E-state index < -0.39 is 5.97 Å². The molecule has 0 bridgehead atoms. The van der Waals surface area contributed by atoms with E-state index in [1.165, 1.54) is 7.11 Å². The molecule has 1 fully saturated rings. The summed E-state index contributed by atoms with van der Waals surface area (Å²) in [7, 11) is 1.34. The number of hydrogen-bond donors (Lipinski definition) is 1. The van der Waals surface area contributed by atoms with Crippen LogP contribution in [-0.4, -0.2) is 55.3 Å². The average Bonchev–Trinajstić information content (AvgIpc) is 2.59. The molecule has 0 saturated carbocycles. The van der Waals surface area contributed by atoms with Crippen molar-refractivity contribution in [3.63, 3.8) is 0 Å². The summed E-state index contributed by atoms with van der Waals surface area (Å²) in [5.41, 5.74) is 3.08. The first-order chi connectivity index (χ1) is 10.7. The smallest absolute Gasteiger partial charge is 0.354 e. The molecule has 0 unspecified atom stereocenters. The van der Waals surface area contributed by atoms with Gasteiger partial charge in [0.1, 0.15) is 5.71 Å². The number of anilines is 2. The van der Waals surface area contributed by atoms with Gasteiger partial charge in [-0.1, -0.05) is 13.3 Å². The Kier molecular flexibility index (Phi) is 6.08. The Morgan fingerprint density at radius 1 is 1.41 bits per heavy atom. The van der Waals surface area contributed by atoms with E-state index in [0.29, 0.717) is 31.2 Å². The molecule has 1 aromatic heterocycles. The number of carbonyl (C=O) groups excluding carboxylic acids is 1. The van der Waals surface area contributed by atoms with Gasteiger partial charge in [-0.25, -0.2) is 4.79 Å². The van der Waals surface area contributed by atoms with Gasteiger partial charge in [-0.3, -0.25) is 5.43 Å². The summed E-state index contributed by atoms with van der Waals surface area (Å²) in [4.78, 5) is 13.6. The average molecular weight is 307 g/mol. The minimum Gasteiger partial charge on any atom is -0.464 e. The van der Waals surface area contributed by atoms with Crippen molar-refractivity contribution < 1.29 is 14.3 Å². The van der Waals surface area contributed by atoms with Crippen LogP contribution in [0, 0.1) is 0 Å². The molecule has 1 aliphatic heterocycles. The molecule has 8 nitrogen and oxygen atoms in total. The SMILES string of the molecule is CCCC(=NNc1ccc(N2CCOCC2)nn1)C(=O)OC. The monoisotopic (exact) mass is 307 g/mol. The van der Waals surface area contributed by atoms with Gasteiger partial charge in [0, 0.05) is 13.1 Å². The molecule has 0 amide bonds. The third kappa shape index (κ3) is 4.39. The lowest BCUT2D eigenvalue weighted by Gasteiger charge is -2.27. The Labute approximate surface area is 129 Å². The van der Waals surface area contributed by atoms with Crippen LogP contribution in [0.15, 0.2) is 17.2 Å². The fourth-order valence-electron chi connectivity index (χ4n) is 2.03. The van der Waals surface area contributed by atoms with Crippen molar-refractivity contribution in [1.29, 1.82) is 0 Å². The molecule has 120 valence electrons. The number of nitrogens with one attached hydrogen (secondary N) is 1. The van der Waals surface area contributed by atoms with Crippen LogP contribution in [0.5, 0.6) is 0 Å². The van der Waals surface area contributed by atoms with Crippen LogP contribution in [0.2, 0.25) is 0 Å². The van der Waals surface area contributed by atoms with Gasteiger partial charge in [0.25, 0.3) is 0 Å². The van der Waals surface area contributed by atoms with Gasteiger partial charge >= 0.3 is 5.97 Å². The van der Waals surface area contributed by atoms with E-state index in [-0.39, 0.29) is 0 Å². The topological polar surface area (TPSA) is 88.9 Å². The Morgan fingerprint density at radius 3 is 2.77 bits per heavy atom. The number of methoxy groups -OCH3 is 1. The molecule has 2 heterocycles. The van der Waals surface area contributed by atoms with Crippen molar-refractivity contribution in [3.05, 3.63) is 12.1 Å². The summed E-state index contributed by atoms with van der Waals surface area (Å²) in [6.07, 6.45) is 1.34. The molecule has 0 radical (unpaired) electrons. The largest absolute Gasteiger partial charge is 0.464 e. The molecule has 0 atom stereocenters. The first kappa shape index (κ1) is 16.2. The molecule has 22 heavy (non-hydrogen) atoms. The summed E-state index contributed by atoms with van der Waals surface area (Å²) < 4.78 is 9.99. The van der Waals surface area contributed by atoms with Crippen molar-refractivity contribution in [3.8, 4) is 0 Å². The molecule has 2 rings (SSSR count). The number of nitrogens with zero attached hydrogens (tertiary/aromatic N) is 4. The second-order valence-electron chi connectivity index (χ2n) is 4.79. The normalized spacial score (nSPS) is 15.5. The van der Waals surface area contributed by atoms with Gasteiger partial charge in [0.15, 0.2) is 11.6 Å². The number of rotatable bonds is 6. The number of aromatic nitrogens is 2. The molecular weight excluding hydrogens is 286 g/mol. The third-order valence-corrected chi connectivity index (χ3v) is 3.20. The Balaban J connectivity index is 1.99. The van der Waals surface area contributed by atoms with Crippen LogP contribution in [0.3, 0.4) is 0 Å². The zero-order chi connectivity index (χ0) is 15.8. The number of ether oxygens (including phenoxy) is 2. The van der Waals surface area contributed by atoms with Crippen LogP contribution in [-0.2, 0) is 14.3 Å². The maximum absolute atomic E-state index is 11.5. The van der Waals surface area contributed by atoms with Crippen molar-refractivity contribution in [2.24, 2.45) is 5.10 Å². The van der Waals surface area contributed by atoms with Crippen LogP contribution < -0.4 is 10.3 Å². The molecule has 0 aliphatic carbocycles. The highest BCUT2D eigenvalue weighted by molar-refractivity contribution is 6.36. The van der Waals surface area contributed by atoms with E-state index in [0.717, 1.165) is 25.3 Å². The third-order valence-electron chi connectivity index (χ3n) is 3.20. The fourth-order valence-corrected chi connectivity index (χ4v) is 2.03. The summed E-state index contributed by atoms with van der Waals surface area (Å²) in [6, 6.07) is 3.65. The van der Waals surface area contributed by atoms with Crippen molar-refractivity contribution in [1.82, 2.24) is 10.2 Å². The van der Waals surface area contributed by atoms with Crippen LogP contribution in [0.25, 0.3) is 0 Å². The summed E-state index contributed by atoms with van der Waals surface area (Å²) in [5, 5.41) is 12.3. The predicted octanol–water partition coefficient (Wildman–Crippen LogP) is 1.05. The van der Waals surface area contributed by atoms with E-state index >= 15 is 0 Å². The lowest BCUT2D eigenvalue weighted by atomic mass is 10.2. The molecule has 8 heteroatoms. The highest BCUT2D eigenvalue weighted by Crippen LogP contribution is 2.13. The first-order valence-electron chi connectivity index (χ1n) is 7.32. The van der Waals surface area contributed by atoms with Gasteiger partial charge in [-0.15, -0.1) is 10.2 Å². The lowest BCUT2D eigenvalue weighted by Crippen LogP contribution is -2.36. The van der Waals surface area contributed by atoms with Gasteiger partial charge in [-0.05, 0) is 18.6 Å². The predicted molar refractivity (Wildman–Crippen MR) is 83.0 cm³/mol. The molecule has 1 aliphatic rings. The Morgan fingerprint density at radius 2 is 2.18 bits per heavy atom. The standard InChI is InChI=1S/C14H21N5O3/c1-3-4-11(14(20)21-2)15-16-12-5-6-13(18-17-12)19-7-9-22-10-8-19/h5-6H,3-4,7-10H2,1-2H3,(H,16,17). The lowest BCUT2D eigenvalue weighted by molar-refractivity contribution is -0.132. The number of morpholine rings is 1. The number of carbonyl (C=O) groups is 1. The summed E-state index contributed by atoms with van der Waals surface area (Å²) in [5.74, 6) is 0.848. The minimum absolute atomic E-state index is 0.337. The van der Waals surface area contributed by atoms with Crippen LogP contribution >= 0.6 is 0 Å². The van der Waals surface area contributed by atoms with E-state index in [4.69, 9.17) is 4.74 Å². The first-order valence-corrected chi connectivity index (χ1v) is 7.32. The quantitative estimate of drug-likeness (QED) is 0.477. The van der Waals surface area contributed by atoms with Crippen molar-refractivity contribution >= 4 is 23.3 Å². The fraction of sp³-hybridized carbons (Fsp3) is 0.571. The summed E-state index contributed by atoms with van der Waals surface area (Å²) in [6.45, 7) is 4.98. The van der Waals surface area contributed by atoms with Gasteiger partial charge < -0.3 is 14.4 Å². The summed E-state index contributed by atoms with van der Waals surface area (Å²) >= 11 is 0. The van der Waals surface area contributed by atoms with E-state index in [9.17, 15) is 4.79 Å². The zero-order valence-electron chi connectivity index (χ0n) is 12.9. The number of hydrazone groups is 1. The molecule has 1 N–H and O–H groups in total. The van der Waals surface area contributed by atoms with E-state index in [1.807, 2.05) is 13.0 Å². The Bertz CT molecular complexity index is 512. The minimum atomic E-state index is -0.438. The highest BCUT2D eigenvalue weighted by atomic mass is 16.5. The zero-order valence-corrected chi connectivity index (χ0v) is 12.9. The van der Waals surface area contributed by atoms with Gasteiger partial charge in [-0.2, -0.15) is 5.10 Å². The second kappa shape index (κ2) is 8.28. The van der Waals surface area contributed by atoms with Gasteiger partial charge in [0.05, 0.1) is 20.3 Å². The maximum Gasteiger partial charge on any atom is 0.354 e. The molecular formula is C14H21N5O3. The van der Waals surface area contributed by atoms with E-state index in [1.54, 1.807) is 6.07 Å². The van der Waals surface area contributed by atoms with Crippen molar-refractivity contribution in [2.45, 2.75) is 19.8 Å². The highest BCUT2D eigenvalue weighted by Gasteiger charge is 2.13. The number of hydrogen-bond acceptors (Lipinski definition) is 8. The molecule has 0 aromatic carbocycles. The maximum atomic E-state index is 11.5.